The van der Waals surface area contributed by atoms with Crippen molar-refractivity contribution in [2.45, 2.75) is 39.0 Å². The van der Waals surface area contributed by atoms with E-state index < -0.39 is 11.4 Å². The number of rotatable bonds is 2. The van der Waals surface area contributed by atoms with E-state index in [0.717, 1.165) is 32.1 Å². The van der Waals surface area contributed by atoms with Gasteiger partial charge in [0.25, 0.3) is 0 Å². The Balaban J connectivity index is 2.67. The molecule has 10 heavy (non-hydrogen) atoms. The van der Waals surface area contributed by atoms with Crippen molar-refractivity contribution in [1.82, 2.24) is 0 Å². The van der Waals surface area contributed by atoms with Gasteiger partial charge in [0.15, 0.2) is 0 Å². The molecule has 1 aliphatic rings. The third-order valence-electron chi connectivity index (χ3n) is 2.67. The van der Waals surface area contributed by atoms with Gasteiger partial charge in [-0.3, -0.25) is 0 Å². The summed E-state index contributed by atoms with van der Waals surface area (Å²) in [5, 5.41) is 10.6. The molecule has 2 nitrogen and oxygen atoms in total. The van der Waals surface area contributed by atoms with Crippen molar-refractivity contribution >= 4 is 5.97 Å². The monoisotopic (exact) mass is 141 g/mol. The summed E-state index contributed by atoms with van der Waals surface area (Å²) in [4.78, 5) is 10.6. The number of hydrogen-bond acceptors (Lipinski definition) is 1. The Morgan fingerprint density at radius 2 is 1.90 bits per heavy atom. The maximum absolute atomic E-state index is 10.6. The first-order valence-corrected chi connectivity index (χ1v) is 3.93. The summed E-state index contributed by atoms with van der Waals surface area (Å²) in [6, 6.07) is 0. The van der Waals surface area contributed by atoms with E-state index in [4.69, 9.17) is 0 Å². The van der Waals surface area contributed by atoms with Gasteiger partial charge in [-0.1, -0.05) is 19.8 Å². The van der Waals surface area contributed by atoms with Gasteiger partial charge in [0, 0.05) is 0 Å². The lowest BCUT2D eigenvalue weighted by molar-refractivity contribution is -0.155. The predicted molar refractivity (Wildman–Crippen MR) is 36.9 cm³/mol. The fourth-order valence-electron chi connectivity index (χ4n) is 1.75. The third-order valence-corrected chi connectivity index (χ3v) is 2.67. The van der Waals surface area contributed by atoms with Crippen LogP contribution in [-0.4, -0.2) is 5.97 Å². The first-order valence-electron chi connectivity index (χ1n) is 3.93. The fraction of sp³-hybridized carbons (Fsp3) is 0.875. The third kappa shape index (κ3) is 1.02. The molecule has 0 bridgehead atoms. The summed E-state index contributed by atoms with van der Waals surface area (Å²) in [5.74, 6) is -0.840. The summed E-state index contributed by atoms with van der Waals surface area (Å²) in [6.07, 6.45) is 4.50. The van der Waals surface area contributed by atoms with Gasteiger partial charge in [-0.15, -0.1) is 0 Å². The van der Waals surface area contributed by atoms with Crippen LogP contribution < -0.4 is 0 Å². The van der Waals surface area contributed by atoms with Crippen molar-refractivity contribution in [1.29, 1.82) is 0 Å². The van der Waals surface area contributed by atoms with Gasteiger partial charge >= 0.3 is 5.97 Å². The van der Waals surface area contributed by atoms with Crippen LogP contribution >= 0.6 is 0 Å². The second-order valence-electron chi connectivity index (χ2n) is 3.13. The van der Waals surface area contributed by atoms with Crippen LogP contribution in [0.3, 0.4) is 0 Å². The van der Waals surface area contributed by atoms with Crippen molar-refractivity contribution < 1.29 is 9.90 Å². The zero-order chi connectivity index (χ0) is 7.61. The van der Waals surface area contributed by atoms with E-state index in [1.54, 1.807) is 0 Å². The minimum Gasteiger partial charge on any atom is -0.247 e. The molecule has 0 aromatic carbocycles. The molecule has 0 unspecified atom stereocenters. The Morgan fingerprint density at radius 3 is 2.10 bits per heavy atom. The highest BCUT2D eigenvalue weighted by atomic mass is 16.4. The zero-order valence-corrected chi connectivity index (χ0v) is 6.35. The predicted octanol–water partition coefficient (Wildman–Crippen LogP) is 1.91. The first-order chi connectivity index (χ1) is 4.71. The van der Waals surface area contributed by atoms with Crippen molar-refractivity contribution in [3.05, 3.63) is 0 Å². The molecule has 0 amide bonds. The van der Waals surface area contributed by atoms with Crippen LogP contribution in [0.4, 0.5) is 0 Å². The molecule has 0 saturated heterocycles. The molecular formula is C8H13O2. The second kappa shape index (κ2) is 2.60. The largest absolute Gasteiger partial charge is 0.361 e. The summed E-state index contributed by atoms with van der Waals surface area (Å²) in [6.45, 7) is 1.93. The van der Waals surface area contributed by atoms with Gasteiger partial charge in [0.2, 0.25) is 0 Å². The van der Waals surface area contributed by atoms with Crippen LogP contribution in [0.15, 0.2) is 0 Å². The summed E-state index contributed by atoms with van der Waals surface area (Å²) >= 11 is 0. The molecule has 57 valence electrons. The molecule has 1 radical (unpaired) electrons. The highest BCUT2D eigenvalue weighted by molar-refractivity contribution is 5.74. The minimum atomic E-state index is -0.840. The molecule has 1 fully saturated rings. The van der Waals surface area contributed by atoms with Crippen LogP contribution in [-0.2, 0) is 9.90 Å². The van der Waals surface area contributed by atoms with Crippen molar-refractivity contribution in [3.8, 4) is 0 Å². The van der Waals surface area contributed by atoms with Crippen LogP contribution in [0.2, 0.25) is 0 Å². The van der Waals surface area contributed by atoms with Crippen LogP contribution in [0.1, 0.15) is 39.0 Å². The van der Waals surface area contributed by atoms with E-state index in [2.05, 4.69) is 0 Å². The standard InChI is InChI=1S/C8H13O2/c1-2-8(7(9)10)5-3-4-6-8/h2-6H2,1H3. The van der Waals surface area contributed by atoms with Crippen LogP contribution in [0.5, 0.6) is 0 Å². The molecule has 0 N–H and O–H groups in total. The SMILES string of the molecule is CCC1(C([O])=O)CCCC1. The lowest BCUT2D eigenvalue weighted by Crippen LogP contribution is -2.25. The molecule has 0 spiro atoms. The lowest BCUT2D eigenvalue weighted by atomic mass is 9.84. The molecule has 1 rings (SSSR count). The molecule has 1 saturated carbocycles. The molecular weight excluding hydrogens is 128 g/mol. The van der Waals surface area contributed by atoms with E-state index in [0.29, 0.717) is 0 Å². The highest BCUT2D eigenvalue weighted by Crippen LogP contribution is 2.41. The number of hydrogen-bond donors (Lipinski definition) is 0. The molecule has 2 heteroatoms. The second-order valence-corrected chi connectivity index (χ2v) is 3.13. The van der Waals surface area contributed by atoms with Crippen LogP contribution in [0, 0.1) is 5.41 Å². The average molecular weight is 141 g/mol. The first kappa shape index (κ1) is 7.58. The molecule has 0 aromatic heterocycles. The van der Waals surface area contributed by atoms with Gasteiger partial charge in [-0.2, -0.15) is 0 Å². The Hall–Kier alpha value is -0.530. The van der Waals surface area contributed by atoms with E-state index in [1.807, 2.05) is 6.92 Å². The topological polar surface area (TPSA) is 37.0 Å². The Labute approximate surface area is 61.2 Å². The Bertz CT molecular complexity index is 134. The van der Waals surface area contributed by atoms with Gasteiger partial charge in [-0.25, -0.2) is 9.90 Å². The van der Waals surface area contributed by atoms with E-state index in [9.17, 15) is 9.90 Å². The van der Waals surface area contributed by atoms with Crippen molar-refractivity contribution in [3.63, 3.8) is 0 Å². The fourth-order valence-corrected chi connectivity index (χ4v) is 1.75. The van der Waals surface area contributed by atoms with Crippen LogP contribution in [0.25, 0.3) is 0 Å². The van der Waals surface area contributed by atoms with E-state index >= 15 is 0 Å². The molecule has 0 atom stereocenters. The van der Waals surface area contributed by atoms with E-state index in [-0.39, 0.29) is 0 Å². The maximum Gasteiger partial charge on any atom is 0.361 e. The normalized spacial score (nSPS) is 22.9. The summed E-state index contributed by atoms with van der Waals surface area (Å²) in [7, 11) is 0. The molecule has 0 heterocycles. The molecule has 0 aromatic rings. The van der Waals surface area contributed by atoms with Crippen molar-refractivity contribution in [2.75, 3.05) is 0 Å². The zero-order valence-electron chi connectivity index (χ0n) is 6.35. The van der Waals surface area contributed by atoms with E-state index in [1.165, 1.54) is 0 Å². The molecule has 1 aliphatic carbocycles. The smallest absolute Gasteiger partial charge is 0.247 e. The Morgan fingerprint density at radius 1 is 1.40 bits per heavy atom. The lowest BCUT2D eigenvalue weighted by Gasteiger charge is -2.18. The minimum absolute atomic E-state index is 0.458. The summed E-state index contributed by atoms with van der Waals surface area (Å²) in [5.41, 5.74) is -0.458. The average Bonchev–Trinajstić information content (AvgIpc) is 2.35. The molecule has 0 aliphatic heterocycles. The number of carbonyl (C=O) groups excluding carboxylic acids is 1. The highest BCUT2D eigenvalue weighted by Gasteiger charge is 2.40. The van der Waals surface area contributed by atoms with Gasteiger partial charge in [0.1, 0.15) is 0 Å². The number of carbonyl (C=O) groups is 1. The van der Waals surface area contributed by atoms with Gasteiger partial charge < -0.3 is 0 Å². The van der Waals surface area contributed by atoms with Gasteiger partial charge in [-0.05, 0) is 19.3 Å². The van der Waals surface area contributed by atoms with Crippen molar-refractivity contribution in [2.24, 2.45) is 5.41 Å². The maximum atomic E-state index is 10.6. The quantitative estimate of drug-likeness (QED) is 0.578. The Kier molecular flexibility index (Phi) is 1.97. The van der Waals surface area contributed by atoms with Gasteiger partial charge in [0.05, 0.1) is 5.41 Å². The summed E-state index contributed by atoms with van der Waals surface area (Å²) < 4.78 is 0.